The molecular weight excluding hydrogens is 270 g/mol. The fourth-order valence-corrected chi connectivity index (χ4v) is 3.33. The third kappa shape index (κ3) is 3.76. The first-order chi connectivity index (χ1) is 9.44. The largest absolute Gasteiger partial charge is 0.387 e. The number of benzene rings is 1. The Kier molecular flexibility index (Phi) is 4.76. The van der Waals surface area contributed by atoms with E-state index >= 15 is 0 Å². The molecule has 0 spiro atoms. The second kappa shape index (κ2) is 6.19. The number of aryl methyl sites for hydroxylation is 1. The van der Waals surface area contributed by atoms with Gasteiger partial charge in [0.05, 0.1) is 5.60 Å². The van der Waals surface area contributed by atoms with Crippen molar-refractivity contribution in [1.29, 1.82) is 0 Å². The third-order valence-electron chi connectivity index (χ3n) is 3.81. The highest BCUT2D eigenvalue weighted by atomic mass is 32.2. The predicted molar refractivity (Wildman–Crippen MR) is 84.0 cm³/mol. The van der Waals surface area contributed by atoms with Crippen LogP contribution in [0.1, 0.15) is 30.4 Å². The summed E-state index contributed by atoms with van der Waals surface area (Å²) in [5.41, 5.74) is 1.70. The lowest BCUT2D eigenvalue weighted by molar-refractivity contribution is -0.123. The van der Waals surface area contributed by atoms with Gasteiger partial charge in [0.15, 0.2) is 0 Å². The molecule has 4 heteroatoms. The van der Waals surface area contributed by atoms with Gasteiger partial charge in [-0.3, -0.25) is 4.79 Å². The van der Waals surface area contributed by atoms with Crippen LogP contribution in [0.15, 0.2) is 24.3 Å². The van der Waals surface area contributed by atoms with Crippen LogP contribution < -0.4 is 5.32 Å². The number of nitrogens with one attached hydrogen (secondary N) is 1. The monoisotopic (exact) mass is 293 g/mol. The summed E-state index contributed by atoms with van der Waals surface area (Å²) in [6.45, 7) is 4.17. The molecule has 1 aromatic rings. The Bertz CT molecular complexity index is 487. The lowest BCUT2D eigenvalue weighted by Gasteiger charge is -2.22. The van der Waals surface area contributed by atoms with Crippen molar-refractivity contribution < 1.29 is 9.90 Å². The van der Waals surface area contributed by atoms with Gasteiger partial charge in [0.25, 0.3) is 0 Å². The molecule has 1 aliphatic rings. The van der Waals surface area contributed by atoms with Crippen LogP contribution in [0.5, 0.6) is 0 Å². The minimum Gasteiger partial charge on any atom is -0.387 e. The molecule has 0 radical (unpaired) electrons. The smallest absolute Gasteiger partial charge is 0.223 e. The van der Waals surface area contributed by atoms with Gasteiger partial charge in [-0.25, -0.2) is 0 Å². The molecule has 110 valence electrons. The maximum atomic E-state index is 12.1. The summed E-state index contributed by atoms with van der Waals surface area (Å²) >= 11 is 1.58. The second-order valence-corrected chi connectivity index (χ2v) is 6.82. The van der Waals surface area contributed by atoms with Gasteiger partial charge in [-0.2, -0.15) is 11.8 Å². The average Bonchev–Trinajstić information content (AvgIpc) is 3.17. The molecule has 1 saturated carbocycles. The van der Waals surface area contributed by atoms with Crippen molar-refractivity contribution in [2.24, 2.45) is 5.92 Å². The molecule has 2 rings (SSSR count). The number of hydrogen-bond acceptors (Lipinski definition) is 3. The average molecular weight is 293 g/mol. The second-order valence-electron chi connectivity index (χ2n) is 5.95. The van der Waals surface area contributed by atoms with Crippen molar-refractivity contribution in [3.63, 3.8) is 0 Å². The Morgan fingerprint density at radius 2 is 2.20 bits per heavy atom. The van der Waals surface area contributed by atoms with E-state index in [0.29, 0.717) is 18.2 Å². The number of carbonyl (C=O) groups excluding carboxylic acids is 1. The summed E-state index contributed by atoms with van der Waals surface area (Å²) in [6.07, 6.45) is 2.87. The minimum absolute atomic E-state index is 0.0691. The van der Waals surface area contributed by atoms with Crippen molar-refractivity contribution in [3.8, 4) is 0 Å². The first-order valence-electron chi connectivity index (χ1n) is 6.99. The van der Waals surface area contributed by atoms with Gasteiger partial charge in [0, 0.05) is 18.2 Å². The van der Waals surface area contributed by atoms with Crippen molar-refractivity contribution in [3.05, 3.63) is 35.4 Å². The predicted octanol–water partition coefficient (Wildman–Crippen LogP) is 2.33. The molecule has 1 amide bonds. The Labute approximate surface area is 125 Å². The van der Waals surface area contributed by atoms with E-state index in [2.05, 4.69) is 24.4 Å². The van der Waals surface area contributed by atoms with Crippen molar-refractivity contribution in [2.75, 3.05) is 18.6 Å². The quantitative estimate of drug-likeness (QED) is 0.846. The van der Waals surface area contributed by atoms with E-state index in [9.17, 15) is 9.90 Å². The molecule has 0 bridgehead atoms. The van der Waals surface area contributed by atoms with E-state index in [-0.39, 0.29) is 11.8 Å². The Morgan fingerprint density at radius 3 is 2.85 bits per heavy atom. The number of amides is 1. The number of rotatable bonds is 6. The summed E-state index contributed by atoms with van der Waals surface area (Å²) in [4.78, 5) is 12.1. The van der Waals surface area contributed by atoms with Gasteiger partial charge in [-0.1, -0.05) is 24.3 Å². The van der Waals surface area contributed by atoms with Gasteiger partial charge in [-0.15, -0.1) is 0 Å². The Balaban J connectivity index is 1.86. The molecular formula is C16H23NO2S. The molecule has 0 saturated heterocycles. The topological polar surface area (TPSA) is 49.3 Å². The summed E-state index contributed by atoms with van der Waals surface area (Å²) < 4.78 is 0. The highest BCUT2D eigenvalue weighted by Gasteiger charge is 2.44. The first kappa shape index (κ1) is 15.4. The van der Waals surface area contributed by atoms with E-state index in [0.717, 1.165) is 6.42 Å². The SMILES string of the molecule is CSCC(C)(O)CNC(=O)C1CC1c1ccccc1C. The Hall–Kier alpha value is -1.00. The maximum absolute atomic E-state index is 12.1. The van der Waals surface area contributed by atoms with Crippen molar-refractivity contribution in [2.45, 2.75) is 31.8 Å². The van der Waals surface area contributed by atoms with Gasteiger partial charge >= 0.3 is 0 Å². The summed E-state index contributed by atoms with van der Waals surface area (Å²) in [6, 6.07) is 8.25. The normalized spacial score (nSPS) is 24.0. The lowest BCUT2D eigenvalue weighted by Crippen LogP contribution is -2.43. The van der Waals surface area contributed by atoms with Crippen LogP contribution in [0, 0.1) is 12.8 Å². The highest BCUT2D eigenvalue weighted by molar-refractivity contribution is 7.98. The molecule has 1 aromatic carbocycles. The molecule has 20 heavy (non-hydrogen) atoms. The van der Waals surface area contributed by atoms with Gasteiger partial charge < -0.3 is 10.4 Å². The molecule has 0 aromatic heterocycles. The number of thioether (sulfide) groups is 1. The van der Waals surface area contributed by atoms with Crippen molar-refractivity contribution >= 4 is 17.7 Å². The minimum atomic E-state index is -0.831. The van der Waals surface area contributed by atoms with Crippen LogP contribution in [-0.4, -0.2) is 35.2 Å². The summed E-state index contributed by atoms with van der Waals surface area (Å²) in [5, 5.41) is 12.9. The van der Waals surface area contributed by atoms with E-state index in [1.807, 2.05) is 18.4 Å². The fourth-order valence-electron chi connectivity index (χ4n) is 2.60. The van der Waals surface area contributed by atoms with Crippen LogP contribution in [0.4, 0.5) is 0 Å². The van der Waals surface area contributed by atoms with Crippen LogP contribution in [0.2, 0.25) is 0 Å². The number of hydrogen-bond donors (Lipinski definition) is 2. The van der Waals surface area contributed by atoms with E-state index in [1.54, 1.807) is 18.7 Å². The summed E-state index contributed by atoms with van der Waals surface area (Å²) in [5.74, 6) is 1.11. The highest BCUT2D eigenvalue weighted by Crippen LogP contribution is 2.48. The zero-order valence-electron chi connectivity index (χ0n) is 12.3. The molecule has 3 atom stereocenters. The molecule has 1 fully saturated rings. The number of carbonyl (C=O) groups is 1. The van der Waals surface area contributed by atoms with Gasteiger partial charge in [-0.05, 0) is 43.6 Å². The van der Waals surface area contributed by atoms with Crippen LogP contribution >= 0.6 is 11.8 Å². The molecule has 3 nitrogen and oxygen atoms in total. The fraction of sp³-hybridized carbons (Fsp3) is 0.562. The molecule has 0 aliphatic heterocycles. The maximum Gasteiger partial charge on any atom is 0.223 e. The molecule has 1 aliphatic carbocycles. The van der Waals surface area contributed by atoms with Crippen LogP contribution in [0.25, 0.3) is 0 Å². The van der Waals surface area contributed by atoms with Gasteiger partial charge in [0.2, 0.25) is 5.91 Å². The van der Waals surface area contributed by atoms with E-state index in [1.165, 1.54) is 11.1 Å². The first-order valence-corrected chi connectivity index (χ1v) is 8.38. The van der Waals surface area contributed by atoms with Crippen molar-refractivity contribution in [1.82, 2.24) is 5.32 Å². The molecule has 3 unspecified atom stereocenters. The zero-order chi connectivity index (χ0) is 14.8. The van der Waals surface area contributed by atoms with Crippen LogP contribution in [-0.2, 0) is 4.79 Å². The Morgan fingerprint density at radius 1 is 1.50 bits per heavy atom. The molecule has 0 heterocycles. The third-order valence-corrected chi connectivity index (χ3v) is 4.72. The van der Waals surface area contributed by atoms with Crippen LogP contribution in [0.3, 0.4) is 0 Å². The zero-order valence-corrected chi connectivity index (χ0v) is 13.2. The van der Waals surface area contributed by atoms with Gasteiger partial charge in [0.1, 0.15) is 0 Å². The standard InChI is InChI=1S/C16H23NO2S/c1-11-6-4-5-7-12(11)13-8-14(13)15(18)17-9-16(2,19)10-20-3/h4-7,13-14,19H,8-10H2,1-3H3,(H,17,18). The van der Waals surface area contributed by atoms with E-state index < -0.39 is 5.60 Å². The molecule has 2 N–H and O–H groups in total. The number of aliphatic hydroxyl groups is 1. The summed E-state index contributed by atoms with van der Waals surface area (Å²) in [7, 11) is 0. The lowest BCUT2D eigenvalue weighted by atomic mass is 10.0. The van der Waals surface area contributed by atoms with E-state index in [4.69, 9.17) is 0 Å².